The van der Waals surface area contributed by atoms with E-state index in [1.807, 2.05) is 0 Å². The number of nitrogens with zero attached hydrogens (tertiary/aromatic N) is 1. The van der Waals surface area contributed by atoms with Crippen LogP contribution in [0.4, 0.5) is 8.78 Å². The number of rotatable bonds is 4. The summed E-state index contributed by atoms with van der Waals surface area (Å²) in [6, 6.07) is 1.80. The van der Waals surface area contributed by atoms with E-state index in [1.165, 1.54) is 0 Å². The van der Waals surface area contributed by atoms with Crippen LogP contribution < -0.4 is 5.56 Å². The molecular formula is C14H11F2NO5. The molecule has 116 valence electrons. The van der Waals surface area contributed by atoms with Gasteiger partial charge in [0.15, 0.2) is 17.4 Å². The number of fused-ring (bicyclic) bond motifs is 1. The number of halogens is 2. The fraction of sp³-hybridized carbons (Fsp3) is 0.214. The van der Waals surface area contributed by atoms with Gasteiger partial charge in [-0.2, -0.15) is 0 Å². The van der Waals surface area contributed by atoms with E-state index in [2.05, 4.69) is 0 Å². The van der Waals surface area contributed by atoms with Gasteiger partial charge in [-0.25, -0.2) is 8.78 Å². The van der Waals surface area contributed by atoms with Crippen molar-refractivity contribution < 1.29 is 28.6 Å². The van der Waals surface area contributed by atoms with Crippen molar-refractivity contribution in [2.24, 2.45) is 7.05 Å². The van der Waals surface area contributed by atoms with Gasteiger partial charge in [0.05, 0.1) is 11.9 Å². The summed E-state index contributed by atoms with van der Waals surface area (Å²) in [6.07, 6.45) is -1.01. The molecule has 0 fully saturated rings. The Hall–Kier alpha value is -2.77. The lowest BCUT2D eigenvalue weighted by Gasteiger charge is -2.11. The number of aryl methyl sites for hydroxylation is 1. The lowest BCUT2D eigenvalue weighted by Crippen LogP contribution is -2.26. The second-order valence-corrected chi connectivity index (χ2v) is 4.66. The molecule has 0 unspecified atom stereocenters. The number of aromatic hydroxyl groups is 1. The van der Waals surface area contributed by atoms with Crippen LogP contribution in [-0.4, -0.2) is 26.5 Å². The quantitative estimate of drug-likeness (QED) is 0.835. The van der Waals surface area contributed by atoms with Crippen molar-refractivity contribution in [2.75, 3.05) is 0 Å². The zero-order chi connectivity index (χ0) is 16.6. The summed E-state index contributed by atoms with van der Waals surface area (Å²) in [5.41, 5.74) is -2.13. The number of pyridine rings is 1. The summed E-state index contributed by atoms with van der Waals surface area (Å²) in [7, 11) is 1.13. The molecule has 2 N–H and O–H groups in total. The number of carbonyl (C=O) groups is 2. The summed E-state index contributed by atoms with van der Waals surface area (Å²) in [5.74, 6) is -5.43. The predicted molar refractivity (Wildman–Crippen MR) is 72.0 cm³/mol. The number of aliphatic carboxylic acids is 1. The molecule has 0 bridgehead atoms. The normalized spacial score (nSPS) is 10.9. The fourth-order valence-corrected chi connectivity index (χ4v) is 2.16. The van der Waals surface area contributed by atoms with E-state index in [9.17, 15) is 28.3 Å². The molecule has 0 aliphatic carbocycles. The van der Waals surface area contributed by atoms with Crippen LogP contribution >= 0.6 is 0 Å². The van der Waals surface area contributed by atoms with Crippen LogP contribution in [-0.2, 0) is 11.8 Å². The SMILES string of the molecule is Cn1c(=O)c(C(=O)CCC(=O)O)c(O)c2ccc(F)c(F)c21. The number of carbonyl (C=O) groups excluding carboxylic acids is 1. The fourth-order valence-electron chi connectivity index (χ4n) is 2.16. The van der Waals surface area contributed by atoms with Gasteiger partial charge in [0.25, 0.3) is 5.56 Å². The highest BCUT2D eigenvalue weighted by Crippen LogP contribution is 2.29. The van der Waals surface area contributed by atoms with Crippen LogP contribution in [0.5, 0.6) is 5.75 Å². The highest BCUT2D eigenvalue weighted by molar-refractivity contribution is 6.04. The van der Waals surface area contributed by atoms with Crippen molar-refractivity contribution in [3.8, 4) is 5.75 Å². The third kappa shape index (κ3) is 2.43. The lowest BCUT2D eigenvalue weighted by atomic mass is 10.0. The van der Waals surface area contributed by atoms with Crippen molar-refractivity contribution in [1.82, 2.24) is 4.57 Å². The van der Waals surface area contributed by atoms with Gasteiger partial charge in [-0.05, 0) is 12.1 Å². The van der Waals surface area contributed by atoms with Crippen LogP contribution in [0.15, 0.2) is 16.9 Å². The number of aromatic nitrogens is 1. The van der Waals surface area contributed by atoms with Gasteiger partial charge in [-0.1, -0.05) is 0 Å². The molecule has 0 amide bonds. The summed E-state index contributed by atoms with van der Waals surface area (Å²) >= 11 is 0. The van der Waals surface area contributed by atoms with Crippen molar-refractivity contribution in [3.63, 3.8) is 0 Å². The number of Topliss-reactive ketones (excluding diaryl/α,β-unsaturated/α-hetero) is 1. The first kappa shape index (κ1) is 15.6. The molecule has 22 heavy (non-hydrogen) atoms. The van der Waals surface area contributed by atoms with Gasteiger partial charge in [-0.3, -0.25) is 14.4 Å². The van der Waals surface area contributed by atoms with Gasteiger partial charge >= 0.3 is 5.97 Å². The second-order valence-electron chi connectivity index (χ2n) is 4.66. The Morgan fingerprint density at radius 1 is 1.23 bits per heavy atom. The molecule has 0 saturated heterocycles. The Morgan fingerprint density at radius 2 is 1.86 bits per heavy atom. The highest BCUT2D eigenvalue weighted by Gasteiger charge is 2.23. The molecule has 1 heterocycles. The van der Waals surface area contributed by atoms with Crippen LogP contribution in [0, 0.1) is 11.6 Å². The topological polar surface area (TPSA) is 96.6 Å². The molecule has 8 heteroatoms. The first-order valence-electron chi connectivity index (χ1n) is 6.20. The first-order valence-corrected chi connectivity index (χ1v) is 6.20. The molecule has 6 nitrogen and oxygen atoms in total. The number of hydrogen-bond acceptors (Lipinski definition) is 4. The van der Waals surface area contributed by atoms with E-state index in [0.29, 0.717) is 4.57 Å². The van der Waals surface area contributed by atoms with E-state index in [-0.39, 0.29) is 5.39 Å². The lowest BCUT2D eigenvalue weighted by molar-refractivity contribution is -0.136. The Morgan fingerprint density at radius 3 is 2.45 bits per heavy atom. The smallest absolute Gasteiger partial charge is 0.303 e. The van der Waals surface area contributed by atoms with Crippen molar-refractivity contribution in [3.05, 3.63) is 39.7 Å². The molecule has 2 rings (SSSR count). The molecule has 0 atom stereocenters. The molecule has 0 spiro atoms. The molecule has 0 aliphatic heterocycles. The van der Waals surface area contributed by atoms with E-state index in [4.69, 9.17) is 5.11 Å². The van der Waals surface area contributed by atoms with Gasteiger partial charge in [-0.15, -0.1) is 0 Å². The molecule has 0 radical (unpaired) electrons. The number of ketones is 1. The Bertz CT molecular complexity index is 857. The van der Waals surface area contributed by atoms with Crippen LogP contribution in [0.25, 0.3) is 10.9 Å². The zero-order valence-electron chi connectivity index (χ0n) is 11.4. The Labute approximate surface area is 122 Å². The van der Waals surface area contributed by atoms with E-state index in [1.54, 1.807) is 0 Å². The van der Waals surface area contributed by atoms with Crippen LogP contribution in [0.3, 0.4) is 0 Å². The van der Waals surface area contributed by atoms with Gasteiger partial charge in [0.1, 0.15) is 11.3 Å². The third-order valence-electron chi connectivity index (χ3n) is 3.26. The van der Waals surface area contributed by atoms with E-state index < -0.39 is 58.6 Å². The summed E-state index contributed by atoms with van der Waals surface area (Å²) in [4.78, 5) is 34.5. The highest BCUT2D eigenvalue weighted by atomic mass is 19.2. The molecule has 2 aromatic rings. The monoisotopic (exact) mass is 311 g/mol. The largest absolute Gasteiger partial charge is 0.506 e. The maximum atomic E-state index is 13.8. The minimum atomic E-state index is -1.32. The average Bonchev–Trinajstić information content (AvgIpc) is 2.45. The standard InChI is InChI=1S/C14H11F2NO5/c1-17-12-6(2-3-7(15)11(12)16)13(21)10(14(17)22)8(18)4-5-9(19)20/h2-3,21H,4-5H2,1H3,(H,19,20). The number of benzene rings is 1. The van der Waals surface area contributed by atoms with Gasteiger partial charge in [0.2, 0.25) is 0 Å². The van der Waals surface area contributed by atoms with Crippen molar-refractivity contribution in [2.45, 2.75) is 12.8 Å². The molecule has 1 aromatic heterocycles. The minimum absolute atomic E-state index is 0.209. The maximum Gasteiger partial charge on any atom is 0.303 e. The molecule has 1 aromatic carbocycles. The molecule has 0 aliphatic rings. The minimum Gasteiger partial charge on any atom is -0.506 e. The number of carboxylic acids is 1. The zero-order valence-corrected chi connectivity index (χ0v) is 11.4. The van der Waals surface area contributed by atoms with Crippen LogP contribution in [0.1, 0.15) is 23.2 Å². The Balaban J connectivity index is 2.73. The number of hydrogen-bond donors (Lipinski definition) is 2. The first-order chi connectivity index (χ1) is 10.3. The summed E-state index contributed by atoms with van der Waals surface area (Å²) in [6.45, 7) is 0. The van der Waals surface area contributed by atoms with Crippen molar-refractivity contribution in [1.29, 1.82) is 0 Å². The average molecular weight is 311 g/mol. The number of carboxylic acid groups (broad SMARTS) is 1. The second kappa shape index (κ2) is 5.55. The predicted octanol–water partition coefficient (Wildman–Crippen LogP) is 1.57. The maximum absolute atomic E-state index is 13.8. The summed E-state index contributed by atoms with van der Waals surface area (Å²) in [5, 5.41) is 18.4. The Kier molecular flexibility index (Phi) is 3.94. The van der Waals surface area contributed by atoms with Gasteiger partial charge < -0.3 is 14.8 Å². The third-order valence-corrected chi connectivity index (χ3v) is 3.26. The van der Waals surface area contributed by atoms with Crippen LogP contribution in [0.2, 0.25) is 0 Å². The van der Waals surface area contributed by atoms with E-state index >= 15 is 0 Å². The van der Waals surface area contributed by atoms with Crippen molar-refractivity contribution >= 4 is 22.7 Å². The molecular weight excluding hydrogens is 300 g/mol. The van der Waals surface area contributed by atoms with Gasteiger partial charge in [0, 0.05) is 18.9 Å². The van der Waals surface area contributed by atoms with E-state index in [0.717, 1.165) is 19.2 Å². The summed E-state index contributed by atoms with van der Waals surface area (Å²) < 4.78 is 27.8. The molecule has 0 saturated carbocycles.